The molecule has 0 aliphatic rings. The minimum atomic E-state index is -0.731. The number of aryl methyl sites for hydroxylation is 2. The van der Waals surface area contributed by atoms with Gasteiger partial charge in [0.2, 0.25) is 11.8 Å². The molecular weight excluding hydrogens is 479 g/mol. The van der Waals surface area contributed by atoms with Crippen LogP contribution < -0.4 is 5.32 Å². The number of halogens is 2. The van der Waals surface area contributed by atoms with Gasteiger partial charge in [0.25, 0.3) is 0 Å². The number of amides is 2. The first-order chi connectivity index (χ1) is 16.6. The van der Waals surface area contributed by atoms with Crippen LogP contribution in [0.3, 0.4) is 0 Å². The Hall–Kier alpha value is -2.82. The highest BCUT2D eigenvalue weighted by Gasteiger charge is 2.31. The quantitative estimate of drug-likeness (QED) is 0.366. The Morgan fingerprint density at radius 1 is 0.857 bits per heavy atom. The molecule has 3 aromatic carbocycles. The van der Waals surface area contributed by atoms with E-state index in [1.807, 2.05) is 70.2 Å². The predicted octanol–water partition coefficient (Wildman–Crippen LogP) is 6.32. The van der Waals surface area contributed by atoms with Gasteiger partial charge in [-0.3, -0.25) is 9.59 Å². The van der Waals surface area contributed by atoms with Crippen LogP contribution in [0.25, 0.3) is 0 Å². The fourth-order valence-corrected chi connectivity index (χ4v) is 4.75. The summed E-state index contributed by atoms with van der Waals surface area (Å²) in [5.41, 5.74) is 4.68. The first-order valence-electron chi connectivity index (χ1n) is 11.8. The van der Waals surface area contributed by atoms with Gasteiger partial charge in [0, 0.05) is 34.6 Å². The van der Waals surface area contributed by atoms with Crippen molar-refractivity contribution in [3.05, 3.63) is 105 Å². The molecule has 184 valence electrons. The zero-order valence-corrected chi connectivity index (χ0v) is 22.2. The summed E-state index contributed by atoms with van der Waals surface area (Å²) in [7, 11) is 0. The molecule has 4 nitrogen and oxygen atoms in total. The fourth-order valence-electron chi connectivity index (χ4n) is 4.24. The second-order valence-electron chi connectivity index (χ2n) is 9.26. The second kappa shape index (κ2) is 12.2. The van der Waals surface area contributed by atoms with Crippen LogP contribution in [0.15, 0.2) is 66.7 Å². The van der Waals surface area contributed by atoms with Gasteiger partial charge in [-0.05, 0) is 51.0 Å². The average Bonchev–Trinajstić information content (AvgIpc) is 2.77. The van der Waals surface area contributed by atoms with Crippen molar-refractivity contribution in [3.8, 4) is 0 Å². The van der Waals surface area contributed by atoms with Crippen LogP contribution in [0.4, 0.5) is 0 Å². The third-order valence-corrected chi connectivity index (χ3v) is 6.44. The van der Waals surface area contributed by atoms with Crippen molar-refractivity contribution in [2.45, 2.75) is 59.2 Å². The average molecular weight is 511 g/mol. The third kappa shape index (κ3) is 7.58. The molecule has 0 heterocycles. The highest BCUT2D eigenvalue weighted by molar-refractivity contribution is 6.36. The molecular formula is C29H32Cl2N2O2. The number of carbonyl (C=O) groups excluding carboxylic acids is 2. The van der Waals surface area contributed by atoms with Gasteiger partial charge in [0.05, 0.1) is 6.42 Å². The van der Waals surface area contributed by atoms with E-state index in [0.29, 0.717) is 22.0 Å². The molecule has 2 amide bonds. The van der Waals surface area contributed by atoms with Gasteiger partial charge in [-0.15, -0.1) is 0 Å². The van der Waals surface area contributed by atoms with E-state index in [4.69, 9.17) is 23.2 Å². The Balaban J connectivity index is 2.04. The molecule has 0 saturated heterocycles. The van der Waals surface area contributed by atoms with E-state index in [0.717, 1.165) is 22.3 Å². The summed E-state index contributed by atoms with van der Waals surface area (Å²) >= 11 is 13.0. The molecule has 0 aromatic heterocycles. The minimum Gasteiger partial charge on any atom is -0.352 e. The van der Waals surface area contributed by atoms with Crippen molar-refractivity contribution in [2.75, 3.05) is 0 Å². The number of benzene rings is 3. The molecule has 0 spiro atoms. The molecule has 1 N–H and O–H groups in total. The number of rotatable bonds is 9. The van der Waals surface area contributed by atoms with Crippen LogP contribution in [0.5, 0.6) is 0 Å². The summed E-state index contributed by atoms with van der Waals surface area (Å²) in [5.74, 6) is -0.369. The standard InChI is InChI=1S/C29H32Cl2N2O2/c1-19(2)32-29(35)27(16-22-9-6-5-7-10-22)33(18-24-25(30)11-8-12-26(24)31)28(34)17-23-14-20(3)13-21(4)15-23/h5-15,19,27H,16-18H2,1-4H3,(H,32,35)/t27-/m1/s1. The number of hydrogen-bond donors (Lipinski definition) is 1. The zero-order chi connectivity index (χ0) is 25.5. The summed E-state index contributed by atoms with van der Waals surface area (Å²) in [6.45, 7) is 7.96. The maximum absolute atomic E-state index is 13.8. The highest BCUT2D eigenvalue weighted by Crippen LogP contribution is 2.27. The topological polar surface area (TPSA) is 49.4 Å². The van der Waals surface area contributed by atoms with Crippen molar-refractivity contribution < 1.29 is 9.59 Å². The minimum absolute atomic E-state index is 0.0685. The molecule has 0 saturated carbocycles. The number of nitrogens with zero attached hydrogens (tertiary/aromatic N) is 1. The lowest BCUT2D eigenvalue weighted by molar-refractivity contribution is -0.141. The Morgan fingerprint density at radius 2 is 1.46 bits per heavy atom. The molecule has 0 unspecified atom stereocenters. The van der Waals surface area contributed by atoms with Gasteiger partial charge in [-0.1, -0.05) is 88.9 Å². The van der Waals surface area contributed by atoms with Crippen LogP contribution in [0.2, 0.25) is 10.0 Å². The van der Waals surface area contributed by atoms with Gasteiger partial charge < -0.3 is 10.2 Å². The molecule has 0 aliphatic heterocycles. The SMILES string of the molecule is Cc1cc(C)cc(CC(=O)N(Cc2c(Cl)cccc2Cl)[C@H](Cc2ccccc2)C(=O)NC(C)C)c1. The van der Waals surface area contributed by atoms with Gasteiger partial charge in [0.1, 0.15) is 6.04 Å². The van der Waals surface area contributed by atoms with Crippen LogP contribution in [-0.4, -0.2) is 28.8 Å². The normalized spacial score (nSPS) is 11.9. The van der Waals surface area contributed by atoms with Crippen molar-refractivity contribution in [3.63, 3.8) is 0 Å². The van der Waals surface area contributed by atoms with Crippen LogP contribution in [0, 0.1) is 13.8 Å². The highest BCUT2D eigenvalue weighted by atomic mass is 35.5. The molecule has 1 atom stereocenters. The first-order valence-corrected chi connectivity index (χ1v) is 12.5. The molecule has 35 heavy (non-hydrogen) atoms. The third-order valence-electron chi connectivity index (χ3n) is 5.73. The zero-order valence-electron chi connectivity index (χ0n) is 20.6. The smallest absolute Gasteiger partial charge is 0.243 e. The fraction of sp³-hybridized carbons (Fsp3) is 0.310. The predicted molar refractivity (Wildman–Crippen MR) is 144 cm³/mol. The maximum atomic E-state index is 13.8. The number of hydrogen-bond acceptors (Lipinski definition) is 2. The number of carbonyl (C=O) groups is 2. The van der Waals surface area contributed by atoms with Crippen molar-refractivity contribution >= 4 is 35.0 Å². The molecule has 0 aliphatic carbocycles. The van der Waals surface area contributed by atoms with E-state index in [1.165, 1.54) is 0 Å². The van der Waals surface area contributed by atoms with Crippen LogP contribution >= 0.6 is 23.2 Å². The lowest BCUT2D eigenvalue weighted by atomic mass is 10.00. The lowest BCUT2D eigenvalue weighted by Gasteiger charge is -2.32. The maximum Gasteiger partial charge on any atom is 0.243 e. The Morgan fingerprint density at radius 3 is 2.03 bits per heavy atom. The van der Waals surface area contributed by atoms with E-state index >= 15 is 0 Å². The summed E-state index contributed by atoms with van der Waals surface area (Å²) < 4.78 is 0. The number of nitrogens with one attached hydrogen (secondary N) is 1. The molecule has 0 radical (unpaired) electrons. The first kappa shape index (κ1) is 26.8. The summed E-state index contributed by atoms with van der Waals surface area (Å²) in [6.07, 6.45) is 0.547. The van der Waals surface area contributed by atoms with Crippen molar-refractivity contribution in [1.29, 1.82) is 0 Å². The molecule has 3 rings (SSSR count). The molecule has 0 fully saturated rings. The van der Waals surface area contributed by atoms with Crippen LogP contribution in [-0.2, 0) is 29.0 Å². The Labute approximate surface area is 218 Å². The monoisotopic (exact) mass is 510 g/mol. The van der Waals surface area contributed by atoms with Gasteiger partial charge >= 0.3 is 0 Å². The second-order valence-corrected chi connectivity index (χ2v) is 10.1. The van der Waals surface area contributed by atoms with Crippen molar-refractivity contribution in [2.24, 2.45) is 0 Å². The Kier molecular flexibility index (Phi) is 9.36. The van der Waals surface area contributed by atoms with E-state index in [-0.39, 0.29) is 30.8 Å². The van der Waals surface area contributed by atoms with E-state index < -0.39 is 6.04 Å². The Bertz CT molecular complexity index is 1140. The van der Waals surface area contributed by atoms with Crippen LogP contribution in [0.1, 0.15) is 41.7 Å². The van der Waals surface area contributed by atoms with E-state index in [2.05, 4.69) is 11.4 Å². The van der Waals surface area contributed by atoms with Gasteiger partial charge in [0.15, 0.2) is 0 Å². The lowest BCUT2D eigenvalue weighted by Crippen LogP contribution is -2.52. The van der Waals surface area contributed by atoms with E-state index in [9.17, 15) is 9.59 Å². The van der Waals surface area contributed by atoms with E-state index in [1.54, 1.807) is 23.1 Å². The molecule has 3 aromatic rings. The van der Waals surface area contributed by atoms with Gasteiger partial charge in [-0.25, -0.2) is 0 Å². The van der Waals surface area contributed by atoms with Gasteiger partial charge in [-0.2, -0.15) is 0 Å². The summed E-state index contributed by atoms with van der Waals surface area (Å²) in [4.78, 5) is 28.9. The van der Waals surface area contributed by atoms with Crippen molar-refractivity contribution in [1.82, 2.24) is 10.2 Å². The largest absolute Gasteiger partial charge is 0.352 e. The molecule has 0 bridgehead atoms. The molecule has 6 heteroatoms. The summed E-state index contributed by atoms with van der Waals surface area (Å²) in [6, 6.07) is 20.3. The summed E-state index contributed by atoms with van der Waals surface area (Å²) in [5, 5.41) is 3.92.